The van der Waals surface area contributed by atoms with Crippen LogP contribution in [0.4, 0.5) is 0 Å². The van der Waals surface area contributed by atoms with E-state index in [1.165, 1.54) is 0 Å². The number of benzene rings is 2. The molecule has 1 aliphatic heterocycles. The quantitative estimate of drug-likeness (QED) is 0.714. The number of rotatable bonds is 4. The summed E-state index contributed by atoms with van der Waals surface area (Å²) in [6.07, 6.45) is 1.42. The summed E-state index contributed by atoms with van der Waals surface area (Å²) >= 11 is 0. The van der Waals surface area contributed by atoms with Crippen molar-refractivity contribution in [3.05, 3.63) is 70.1 Å². The van der Waals surface area contributed by atoms with E-state index < -0.39 is 0 Å². The van der Waals surface area contributed by atoms with Gasteiger partial charge in [-0.25, -0.2) is 4.79 Å². The fourth-order valence-corrected chi connectivity index (χ4v) is 4.00. The summed E-state index contributed by atoms with van der Waals surface area (Å²) in [6.45, 7) is 2.98. The van der Waals surface area contributed by atoms with Crippen molar-refractivity contribution in [1.29, 1.82) is 0 Å². The van der Waals surface area contributed by atoms with Crippen LogP contribution in [-0.4, -0.2) is 45.9 Å². The minimum absolute atomic E-state index is 0.0229. The van der Waals surface area contributed by atoms with Gasteiger partial charge in [0.2, 0.25) is 5.91 Å². The van der Waals surface area contributed by atoms with Crippen LogP contribution in [0.25, 0.3) is 11.0 Å². The lowest BCUT2D eigenvalue weighted by Gasteiger charge is -2.32. The highest BCUT2D eigenvalue weighted by Crippen LogP contribution is 2.24. The molecule has 150 valence electrons. The second-order valence-electron chi connectivity index (χ2n) is 7.43. The first-order chi connectivity index (χ1) is 14.0. The maximum Gasteiger partial charge on any atom is 0.326 e. The first-order valence-electron chi connectivity index (χ1n) is 9.85. The molecule has 1 aromatic heterocycles. The second-order valence-corrected chi connectivity index (χ2v) is 7.43. The molecule has 0 spiro atoms. The minimum atomic E-state index is -0.239. The van der Waals surface area contributed by atoms with Crippen molar-refractivity contribution in [2.75, 3.05) is 19.6 Å². The van der Waals surface area contributed by atoms with Gasteiger partial charge in [-0.2, -0.15) is 0 Å². The first kappa shape index (κ1) is 19.0. The third-order valence-corrected chi connectivity index (χ3v) is 5.60. The van der Waals surface area contributed by atoms with Crippen molar-refractivity contribution in [2.45, 2.75) is 25.8 Å². The molecule has 3 aromatic rings. The average molecular weight is 392 g/mol. The van der Waals surface area contributed by atoms with E-state index in [1.807, 2.05) is 43.3 Å². The van der Waals surface area contributed by atoms with Crippen LogP contribution in [0.1, 0.15) is 34.8 Å². The van der Waals surface area contributed by atoms with Gasteiger partial charge in [0, 0.05) is 24.7 Å². The largest absolute Gasteiger partial charge is 0.343 e. The Labute approximate surface area is 168 Å². The van der Waals surface area contributed by atoms with Crippen molar-refractivity contribution in [2.24, 2.45) is 0 Å². The molecule has 7 nitrogen and oxygen atoms in total. The van der Waals surface area contributed by atoms with Crippen LogP contribution >= 0.6 is 0 Å². The lowest BCUT2D eigenvalue weighted by atomic mass is 10.0. The molecule has 0 atom stereocenters. The lowest BCUT2D eigenvalue weighted by Crippen LogP contribution is -2.45. The van der Waals surface area contributed by atoms with Crippen molar-refractivity contribution in [3.8, 4) is 0 Å². The van der Waals surface area contributed by atoms with Crippen molar-refractivity contribution >= 4 is 22.8 Å². The number of nitrogens with zero attached hydrogens (tertiary/aromatic N) is 2. The minimum Gasteiger partial charge on any atom is -0.343 e. The summed E-state index contributed by atoms with van der Waals surface area (Å²) < 4.78 is 1.80. The standard InChI is InChI=1S/C22H24N4O3/c1-15-6-2-3-7-17(15)21(28)23-14-20(27)25-12-10-16(11-13-25)26-19-9-5-4-8-18(19)24-22(26)29/h2-9,16H,10-14H2,1H3,(H,23,28)(H,24,29). The molecule has 2 heterocycles. The fraction of sp³-hybridized carbons (Fsp3) is 0.318. The number of imidazole rings is 1. The van der Waals surface area contributed by atoms with E-state index in [-0.39, 0.29) is 30.1 Å². The number of carbonyl (C=O) groups is 2. The number of nitrogens with one attached hydrogen (secondary N) is 2. The number of aromatic nitrogens is 2. The van der Waals surface area contributed by atoms with Gasteiger partial charge in [-0.1, -0.05) is 30.3 Å². The highest BCUT2D eigenvalue weighted by molar-refractivity contribution is 5.97. The Bertz CT molecular complexity index is 1110. The van der Waals surface area contributed by atoms with Gasteiger partial charge in [0.25, 0.3) is 5.91 Å². The zero-order valence-electron chi connectivity index (χ0n) is 16.4. The summed E-state index contributed by atoms with van der Waals surface area (Å²) in [7, 11) is 0. The molecule has 4 rings (SSSR count). The van der Waals surface area contributed by atoms with E-state index in [0.717, 1.165) is 16.6 Å². The van der Waals surface area contributed by atoms with Crippen LogP contribution in [0.2, 0.25) is 0 Å². The smallest absolute Gasteiger partial charge is 0.326 e. The Morgan fingerprint density at radius 2 is 1.76 bits per heavy atom. The van der Waals surface area contributed by atoms with Gasteiger partial charge in [-0.3, -0.25) is 14.2 Å². The maximum atomic E-state index is 12.5. The first-order valence-corrected chi connectivity index (χ1v) is 9.85. The number of carbonyl (C=O) groups excluding carboxylic acids is 2. The molecule has 0 saturated carbocycles. The molecule has 1 fully saturated rings. The fourth-order valence-electron chi connectivity index (χ4n) is 4.00. The van der Waals surface area contributed by atoms with E-state index in [2.05, 4.69) is 10.3 Å². The van der Waals surface area contributed by atoms with Crippen LogP contribution in [0.5, 0.6) is 0 Å². The molecule has 0 radical (unpaired) electrons. The van der Waals surface area contributed by atoms with E-state index >= 15 is 0 Å². The zero-order chi connectivity index (χ0) is 20.4. The Kier molecular flexibility index (Phi) is 5.20. The third-order valence-electron chi connectivity index (χ3n) is 5.60. The number of hydrogen-bond acceptors (Lipinski definition) is 3. The highest BCUT2D eigenvalue weighted by Gasteiger charge is 2.26. The normalized spacial score (nSPS) is 14.9. The topological polar surface area (TPSA) is 87.2 Å². The number of fused-ring (bicyclic) bond motifs is 1. The number of piperidine rings is 1. The molecular weight excluding hydrogens is 368 g/mol. The number of para-hydroxylation sites is 2. The van der Waals surface area contributed by atoms with Gasteiger partial charge < -0.3 is 15.2 Å². The number of aromatic amines is 1. The van der Waals surface area contributed by atoms with Crippen molar-refractivity contribution in [3.63, 3.8) is 0 Å². The molecule has 1 aliphatic rings. The summed E-state index contributed by atoms with van der Waals surface area (Å²) in [4.78, 5) is 41.8. The monoisotopic (exact) mass is 392 g/mol. The second kappa shape index (κ2) is 7.95. The van der Waals surface area contributed by atoms with Crippen LogP contribution in [0.15, 0.2) is 53.3 Å². The van der Waals surface area contributed by atoms with E-state index in [0.29, 0.717) is 31.5 Å². The molecule has 2 amide bonds. The molecule has 0 aliphatic carbocycles. The Morgan fingerprint density at radius 3 is 2.52 bits per heavy atom. The van der Waals surface area contributed by atoms with Gasteiger partial charge in [0.15, 0.2) is 0 Å². The van der Waals surface area contributed by atoms with Crippen molar-refractivity contribution in [1.82, 2.24) is 19.8 Å². The van der Waals surface area contributed by atoms with E-state index in [9.17, 15) is 14.4 Å². The zero-order valence-corrected chi connectivity index (χ0v) is 16.4. The van der Waals surface area contributed by atoms with Crippen LogP contribution in [0.3, 0.4) is 0 Å². The van der Waals surface area contributed by atoms with E-state index in [1.54, 1.807) is 21.6 Å². The molecule has 29 heavy (non-hydrogen) atoms. The number of H-pyrrole nitrogens is 1. The van der Waals surface area contributed by atoms with Gasteiger partial charge in [0.1, 0.15) is 0 Å². The highest BCUT2D eigenvalue weighted by atomic mass is 16.2. The van der Waals surface area contributed by atoms with Crippen LogP contribution in [-0.2, 0) is 4.79 Å². The number of aryl methyl sites for hydroxylation is 1. The molecule has 2 N–H and O–H groups in total. The average Bonchev–Trinajstić information content (AvgIpc) is 3.08. The predicted octanol–water partition coefficient (Wildman–Crippen LogP) is 2.23. The summed E-state index contributed by atoms with van der Waals surface area (Å²) in [5, 5.41) is 2.72. The summed E-state index contributed by atoms with van der Waals surface area (Å²) in [6, 6.07) is 15.0. The molecule has 0 bridgehead atoms. The van der Waals surface area contributed by atoms with Gasteiger partial charge in [-0.15, -0.1) is 0 Å². The summed E-state index contributed by atoms with van der Waals surface area (Å²) in [5.41, 5.74) is 3.07. The third kappa shape index (κ3) is 3.81. The molecule has 0 unspecified atom stereocenters. The van der Waals surface area contributed by atoms with Crippen molar-refractivity contribution < 1.29 is 9.59 Å². The summed E-state index contributed by atoms with van der Waals surface area (Å²) in [5.74, 6) is -0.340. The van der Waals surface area contributed by atoms with Gasteiger partial charge >= 0.3 is 5.69 Å². The Balaban J connectivity index is 1.35. The van der Waals surface area contributed by atoms with E-state index in [4.69, 9.17) is 0 Å². The molecular formula is C22H24N4O3. The predicted molar refractivity (Wildman–Crippen MR) is 111 cm³/mol. The lowest BCUT2D eigenvalue weighted by molar-refractivity contribution is -0.131. The Morgan fingerprint density at radius 1 is 1.07 bits per heavy atom. The van der Waals surface area contributed by atoms with Gasteiger partial charge in [0.05, 0.1) is 17.6 Å². The SMILES string of the molecule is Cc1ccccc1C(=O)NCC(=O)N1CCC(n2c(=O)[nH]c3ccccc32)CC1. The molecule has 2 aromatic carbocycles. The van der Waals surface area contributed by atoms with Crippen LogP contribution < -0.4 is 11.0 Å². The number of amides is 2. The maximum absolute atomic E-state index is 12.5. The number of hydrogen-bond donors (Lipinski definition) is 2. The number of likely N-dealkylation sites (tertiary alicyclic amines) is 1. The molecule has 1 saturated heterocycles. The van der Waals surface area contributed by atoms with Crippen LogP contribution in [0, 0.1) is 6.92 Å². The Hall–Kier alpha value is -3.35. The van der Waals surface area contributed by atoms with Gasteiger partial charge in [-0.05, 0) is 43.5 Å². The molecule has 7 heteroatoms.